The van der Waals surface area contributed by atoms with E-state index >= 15 is 0 Å². The molecule has 6 nitrogen and oxygen atoms in total. The van der Waals surface area contributed by atoms with Gasteiger partial charge < -0.3 is 14.5 Å². The minimum absolute atomic E-state index is 0.0459. The molecule has 1 unspecified atom stereocenters. The van der Waals surface area contributed by atoms with Crippen molar-refractivity contribution in [1.82, 2.24) is 19.8 Å². The average Bonchev–Trinajstić information content (AvgIpc) is 2.79. The molecule has 1 aromatic heterocycles. The lowest BCUT2D eigenvalue weighted by Gasteiger charge is -2.49. The van der Waals surface area contributed by atoms with Crippen LogP contribution in [0.3, 0.4) is 0 Å². The van der Waals surface area contributed by atoms with Crippen LogP contribution in [0.2, 0.25) is 0 Å². The second kappa shape index (κ2) is 8.00. The number of likely N-dealkylation sites (tertiary alicyclic amines) is 2. The first kappa shape index (κ1) is 18.9. The van der Waals surface area contributed by atoms with Crippen molar-refractivity contribution < 1.29 is 9.53 Å². The average molecular weight is 395 g/mol. The zero-order valence-electron chi connectivity index (χ0n) is 17.1. The van der Waals surface area contributed by atoms with Crippen LogP contribution in [-0.2, 0) is 4.74 Å². The lowest BCUT2D eigenvalue weighted by Crippen LogP contribution is -2.55. The number of ether oxygens (including phenoxy) is 1. The fraction of sp³-hybridized carbons (Fsp3) is 0.609. The molecule has 0 saturated carbocycles. The van der Waals surface area contributed by atoms with Crippen LogP contribution in [0.25, 0.3) is 11.0 Å². The fourth-order valence-corrected chi connectivity index (χ4v) is 5.40. The van der Waals surface area contributed by atoms with Gasteiger partial charge in [0.1, 0.15) is 5.52 Å². The van der Waals surface area contributed by atoms with E-state index in [1.807, 2.05) is 23.1 Å². The van der Waals surface area contributed by atoms with Gasteiger partial charge in [-0.25, -0.2) is 0 Å². The number of hydrogen-bond donors (Lipinski definition) is 0. The number of hydrogen-bond acceptors (Lipinski definition) is 5. The Labute approximate surface area is 172 Å². The topological polar surface area (TPSA) is 58.6 Å². The molecule has 6 heteroatoms. The maximum absolute atomic E-state index is 13.2. The van der Waals surface area contributed by atoms with Crippen LogP contribution in [0.1, 0.15) is 55.3 Å². The molecular formula is C23H30N4O2. The number of benzene rings is 1. The maximum Gasteiger partial charge on any atom is 0.256 e. The number of rotatable bonds is 2. The third-order valence-corrected chi connectivity index (χ3v) is 7.06. The van der Waals surface area contributed by atoms with Gasteiger partial charge in [-0.15, -0.1) is 0 Å². The highest BCUT2D eigenvalue weighted by atomic mass is 16.5. The van der Waals surface area contributed by atoms with Crippen molar-refractivity contribution in [2.75, 3.05) is 32.8 Å². The summed E-state index contributed by atoms with van der Waals surface area (Å²) in [4.78, 5) is 26.6. The molecular weight excluding hydrogens is 364 g/mol. The molecule has 1 amide bonds. The third-order valence-electron chi connectivity index (χ3n) is 7.06. The minimum Gasteiger partial charge on any atom is -0.375 e. The predicted octanol–water partition coefficient (Wildman–Crippen LogP) is 3.27. The van der Waals surface area contributed by atoms with Crippen molar-refractivity contribution >= 4 is 16.9 Å². The number of aromatic nitrogens is 2. The first-order valence-corrected chi connectivity index (χ1v) is 11.1. The second-order valence-corrected chi connectivity index (χ2v) is 8.80. The molecule has 154 valence electrons. The van der Waals surface area contributed by atoms with Gasteiger partial charge in [-0.3, -0.25) is 14.8 Å². The van der Waals surface area contributed by atoms with Crippen LogP contribution >= 0.6 is 0 Å². The van der Waals surface area contributed by atoms with Gasteiger partial charge in [-0.05, 0) is 63.7 Å². The van der Waals surface area contributed by atoms with Gasteiger partial charge in [0, 0.05) is 38.1 Å². The van der Waals surface area contributed by atoms with E-state index in [2.05, 4.69) is 14.9 Å². The molecule has 4 heterocycles. The van der Waals surface area contributed by atoms with Gasteiger partial charge in [-0.2, -0.15) is 0 Å². The quantitative estimate of drug-likeness (QED) is 0.782. The van der Waals surface area contributed by atoms with E-state index in [-0.39, 0.29) is 11.5 Å². The summed E-state index contributed by atoms with van der Waals surface area (Å²) in [5.74, 6) is 0.0642. The second-order valence-electron chi connectivity index (χ2n) is 8.80. The highest BCUT2D eigenvalue weighted by Gasteiger charge is 2.42. The smallest absolute Gasteiger partial charge is 0.256 e. The Bertz CT molecular complexity index is 867. The molecule has 0 bridgehead atoms. The molecule has 2 aromatic rings. The summed E-state index contributed by atoms with van der Waals surface area (Å²) in [5.41, 5.74) is 2.07. The molecule has 3 fully saturated rings. The van der Waals surface area contributed by atoms with Gasteiger partial charge in [-0.1, -0.05) is 12.5 Å². The summed E-state index contributed by atoms with van der Waals surface area (Å²) in [5, 5.41) is 0. The first-order chi connectivity index (χ1) is 14.2. The lowest BCUT2D eigenvalue weighted by atomic mass is 9.81. The first-order valence-electron chi connectivity index (χ1n) is 11.1. The van der Waals surface area contributed by atoms with E-state index in [4.69, 9.17) is 4.74 Å². The van der Waals surface area contributed by atoms with Gasteiger partial charge in [0.15, 0.2) is 0 Å². The maximum atomic E-state index is 13.2. The third kappa shape index (κ3) is 3.76. The zero-order chi connectivity index (χ0) is 19.7. The molecule has 3 saturated heterocycles. The normalized spacial score (nSPS) is 25.4. The van der Waals surface area contributed by atoms with Crippen LogP contribution in [0.4, 0.5) is 0 Å². The van der Waals surface area contributed by atoms with E-state index < -0.39 is 0 Å². The minimum atomic E-state index is -0.0459. The van der Waals surface area contributed by atoms with Crippen LogP contribution in [-0.4, -0.2) is 70.1 Å². The SMILES string of the molecule is O=C(c1cccc2nccnc12)N1CCC2(CC1)CC(N1CCCCC1)CCO2. The number of piperidine rings is 2. The Balaban J connectivity index is 1.26. The van der Waals surface area contributed by atoms with Crippen LogP contribution in [0.5, 0.6) is 0 Å². The Morgan fingerprint density at radius 2 is 1.83 bits per heavy atom. The van der Waals surface area contributed by atoms with Crippen LogP contribution in [0.15, 0.2) is 30.6 Å². The molecule has 3 aliphatic rings. The van der Waals surface area contributed by atoms with Gasteiger partial charge in [0.25, 0.3) is 5.91 Å². The van der Waals surface area contributed by atoms with Gasteiger partial charge in [0.2, 0.25) is 0 Å². The summed E-state index contributed by atoms with van der Waals surface area (Å²) in [6, 6.07) is 6.32. The molecule has 0 radical (unpaired) electrons. The number of para-hydroxylation sites is 1. The van der Waals surface area contributed by atoms with Crippen LogP contribution in [0, 0.1) is 0 Å². The number of amides is 1. The molecule has 1 spiro atoms. The Kier molecular flexibility index (Phi) is 5.22. The number of carbonyl (C=O) groups excluding carboxylic acids is 1. The van der Waals surface area contributed by atoms with Crippen molar-refractivity contribution in [3.05, 3.63) is 36.2 Å². The molecule has 1 atom stereocenters. The molecule has 29 heavy (non-hydrogen) atoms. The largest absolute Gasteiger partial charge is 0.375 e. The zero-order valence-corrected chi connectivity index (χ0v) is 17.1. The molecule has 1 aromatic carbocycles. The monoisotopic (exact) mass is 394 g/mol. The van der Waals surface area contributed by atoms with Crippen molar-refractivity contribution in [2.24, 2.45) is 0 Å². The predicted molar refractivity (Wildman–Crippen MR) is 112 cm³/mol. The molecule has 3 aliphatic heterocycles. The highest BCUT2D eigenvalue weighted by molar-refractivity contribution is 6.04. The van der Waals surface area contributed by atoms with Gasteiger partial charge in [0.05, 0.1) is 16.7 Å². The van der Waals surface area contributed by atoms with E-state index in [1.54, 1.807) is 12.4 Å². The lowest BCUT2D eigenvalue weighted by molar-refractivity contribution is -0.131. The standard InChI is InChI=1S/C23H30N4O2/c28-22(19-5-4-6-20-21(19)25-11-10-24-20)27-14-8-23(9-15-27)17-18(7-16-29-23)26-12-2-1-3-13-26/h4-6,10-11,18H,1-3,7-9,12-17H2. The van der Waals surface area contributed by atoms with E-state index in [0.29, 0.717) is 17.1 Å². The highest BCUT2D eigenvalue weighted by Crippen LogP contribution is 2.37. The van der Waals surface area contributed by atoms with Crippen molar-refractivity contribution in [2.45, 2.75) is 56.6 Å². The summed E-state index contributed by atoms with van der Waals surface area (Å²) in [6.45, 7) is 4.85. The van der Waals surface area contributed by atoms with E-state index in [0.717, 1.165) is 50.9 Å². The number of nitrogens with zero attached hydrogens (tertiary/aromatic N) is 4. The van der Waals surface area contributed by atoms with E-state index in [9.17, 15) is 4.79 Å². The summed E-state index contributed by atoms with van der Waals surface area (Å²) in [6.07, 6.45) is 11.5. The summed E-state index contributed by atoms with van der Waals surface area (Å²) < 4.78 is 6.34. The summed E-state index contributed by atoms with van der Waals surface area (Å²) >= 11 is 0. The summed E-state index contributed by atoms with van der Waals surface area (Å²) in [7, 11) is 0. The molecule has 5 rings (SSSR count). The van der Waals surface area contributed by atoms with Gasteiger partial charge >= 0.3 is 0 Å². The van der Waals surface area contributed by atoms with Crippen LogP contribution < -0.4 is 0 Å². The molecule has 0 aliphatic carbocycles. The Morgan fingerprint density at radius 1 is 1.03 bits per heavy atom. The van der Waals surface area contributed by atoms with Crippen molar-refractivity contribution in [3.8, 4) is 0 Å². The van der Waals surface area contributed by atoms with E-state index in [1.165, 1.54) is 32.4 Å². The fourth-order valence-electron chi connectivity index (χ4n) is 5.40. The van der Waals surface area contributed by atoms with Crippen molar-refractivity contribution in [1.29, 1.82) is 0 Å². The number of carbonyl (C=O) groups is 1. The van der Waals surface area contributed by atoms with Crippen molar-refractivity contribution in [3.63, 3.8) is 0 Å². The number of fused-ring (bicyclic) bond motifs is 1. The Hall–Kier alpha value is -2.05. The molecule has 0 N–H and O–H groups in total. The Morgan fingerprint density at radius 3 is 2.66 bits per heavy atom.